The van der Waals surface area contributed by atoms with Crippen LogP contribution in [0.4, 0.5) is 0 Å². The van der Waals surface area contributed by atoms with Crippen LogP contribution < -0.4 is 5.32 Å². The number of phenolic OH excluding ortho intramolecular Hbond substituents is 1. The van der Waals surface area contributed by atoms with Gasteiger partial charge < -0.3 is 20.4 Å². The Morgan fingerprint density at radius 2 is 1.96 bits per heavy atom. The lowest BCUT2D eigenvalue weighted by Crippen LogP contribution is -2.43. The molecule has 0 aliphatic carbocycles. The molecule has 2 heterocycles. The molecule has 2 aliphatic rings. The van der Waals surface area contributed by atoms with Crippen molar-refractivity contribution in [2.24, 2.45) is 11.8 Å². The van der Waals surface area contributed by atoms with Crippen LogP contribution in [0.2, 0.25) is 10.0 Å². The molecule has 0 radical (unpaired) electrons. The fraction of sp³-hybridized carbons (Fsp3) is 0.588. The lowest BCUT2D eigenvalue weighted by molar-refractivity contribution is -0.137. The fourth-order valence-electron chi connectivity index (χ4n) is 3.63. The normalized spacial score (nSPS) is 23.5. The Labute approximate surface area is 151 Å². The molecular formula is C17H22Cl2N2O3. The van der Waals surface area contributed by atoms with Crippen molar-refractivity contribution in [2.45, 2.75) is 25.4 Å². The van der Waals surface area contributed by atoms with Crippen molar-refractivity contribution in [1.82, 2.24) is 10.2 Å². The molecule has 1 aromatic carbocycles. The molecule has 2 atom stereocenters. The van der Waals surface area contributed by atoms with Gasteiger partial charge in [0.1, 0.15) is 5.75 Å². The Morgan fingerprint density at radius 1 is 1.25 bits per heavy atom. The van der Waals surface area contributed by atoms with E-state index in [1.165, 1.54) is 12.1 Å². The second-order valence-corrected chi connectivity index (χ2v) is 7.38. The number of aliphatic hydroxyl groups excluding tert-OH is 1. The number of nitrogens with one attached hydrogen (secondary N) is 1. The van der Waals surface area contributed by atoms with Crippen molar-refractivity contribution < 1.29 is 15.0 Å². The Kier molecular flexibility index (Phi) is 5.55. The maximum Gasteiger partial charge on any atom is 0.227 e. The number of amides is 1. The zero-order valence-electron chi connectivity index (χ0n) is 13.3. The SMILES string of the molecule is O=C([C@@H]1CCNC1)N1CCC(C(O)c2c(O)ccc(Cl)c2Cl)CC1. The minimum absolute atomic E-state index is 0.0487. The number of carbonyl (C=O) groups excluding carboxylic acids is 1. The summed E-state index contributed by atoms with van der Waals surface area (Å²) in [5.74, 6) is 0.180. The molecule has 24 heavy (non-hydrogen) atoms. The summed E-state index contributed by atoms with van der Waals surface area (Å²) in [6.45, 7) is 2.90. The molecule has 0 spiro atoms. The van der Waals surface area contributed by atoms with E-state index >= 15 is 0 Å². The summed E-state index contributed by atoms with van der Waals surface area (Å²) in [5.41, 5.74) is 0.286. The van der Waals surface area contributed by atoms with Gasteiger partial charge in [0.05, 0.1) is 22.1 Å². The van der Waals surface area contributed by atoms with Crippen molar-refractivity contribution in [2.75, 3.05) is 26.2 Å². The monoisotopic (exact) mass is 372 g/mol. The minimum atomic E-state index is -0.887. The van der Waals surface area contributed by atoms with Crippen LogP contribution in [-0.4, -0.2) is 47.2 Å². The van der Waals surface area contributed by atoms with Crippen LogP contribution in [0.1, 0.15) is 30.9 Å². The van der Waals surface area contributed by atoms with Crippen molar-refractivity contribution in [3.63, 3.8) is 0 Å². The van der Waals surface area contributed by atoms with Gasteiger partial charge >= 0.3 is 0 Å². The van der Waals surface area contributed by atoms with Crippen LogP contribution in [0.5, 0.6) is 5.75 Å². The van der Waals surface area contributed by atoms with E-state index in [4.69, 9.17) is 23.2 Å². The van der Waals surface area contributed by atoms with Gasteiger partial charge in [0.25, 0.3) is 0 Å². The standard InChI is InChI=1S/C17H22Cl2N2O3/c18-12-1-2-13(22)14(15(12)19)16(23)10-4-7-21(8-5-10)17(24)11-3-6-20-9-11/h1-2,10-11,16,20,22-23H,3-9H2/t11-,16?/m1/s1. The van der Waals surface area contributed by atoms with Crippen LogP contribution in [0, 0.1) is 11.8 Å². The number of likely N-dealkylation sites (tertiary alicyclic amines) is 1. The van der Waals surface area contributed by atoms with E-state index in [1.807, 2.05) is 4.90 Å². The third-order valence-corrected chi connectivity index (χ3v) is 5.93. The highest BCUT2D eigenvalue weighted by Gasteiger charge is 2.33. The predicted molar refractivity (Wildman–Crippen MR) is 93.4 cm³/mol. The number of benzene rings is 1. The number of rotatable bonds is 3. The molecule has 5 nitrogen and oxygen atoms in total. The average Bonchev–Trinajstić information content (AvgIpc) is 3.12. The van der Waals surface area contributed by atoms with Gasteiger partial charge in [-0.15, -0.1) is 0 Å². The predicted octanol–water partition coefficient (Wildman–Crippen LogP) is 2.58. The summed E-state index contributed by atoms with van der Waals surface area (Å²) < 4.78 is 0. The number of hydrogen-bond acceptors (Lipinski definition) is 4. The van der Waals surface area contributed by atoms with Crippen molar-refractivity contribution in [3.05, 3.63) is 27.7 Å². The van der Waals surface area contributed by atoms with E-state index in [-0.39, 0.29) is 34.1 Å². The molecule has 0 bridgehead atoms. The number of aromatic hydroxyl groups is 1. The molecule has 132 valence electrons. The van der Waals surface area contributed by atoms with Crippen LogP contribution in [0.3, 0.4) is 0 Å². The van der Waals surface area contributed by atoms with Crippen LogP contribution >= 0.6 is 23.2 Å². The number of phenols is 1. The number of hydrogen-bond donors (Lipinski definition) is 3. The number of carbonyl (C=O) groups is 1. The second-order valence-electron chi connectivity index (χ2n) is 6.59. The fourth-order valence-corrected chi connectivity index (χ4v) is 4.07. The topological polar surface area (TPSA) is 72.8 Å². The first-order chi connectivity index (χ1) is 11.5. The minimum Gasteiger partial charge on any atom is -0.508 e. The summed E-state index contributed by atoms with van der Waals surface area (Å²) in [7, 11) is 0. The van der Waals surface area contributed by atoms with Gasteiger partial charge in [-0.3, -0.25) is 4.79 Å². The van der Waals surface area contributed by atoms with Crippen LogP contribution in [0.15, 0.2) is 12.1 Å². The maximum absolute atomic E-state index is 12.4. The highest BCUT2D eigenvalue weighted by Crippen LogP contribution is 2.41. The molecule has 1 aromatic rings. The zero-order chi connectivity index (χ0) is 17.3. The van der Waals surface area contributed by atoms with E-state index < -0.39 is 6.10 Å². The van der Waals surface area contributed by atoms with E-state index in [9.17, 15) is 15.0 Å². The van der Waals surface area contributed by atoms with Gasteiger partial charge in [0.2, 0.25) is 5.91 Å². The van der Waals surface area contributed by atoms with Crippen molar-refractivity contribution in [1.29, 1.82) is 0 Å². The highest BCUT2D eigenvalue weighted by molar-refractivity contribution is 6.42. The molecule has 0 aromatic heterocycles. The molecule has 3 N–H and O–H groups in total. The largest absolute Gasteiger partial charge is 0.508 e. The van der Waals surface area contributed by atoms with Gasteiger partial charge in [0, 0.05) is 25.2 Å². The van der Waals surface area contributed by atoms with Gasteiger partial charge in [-0.2, -0.15) is 0 Å². The van der Waals surface area contributed by atoms with Gasteiger partial charge in [-0.05, 0) is 43.9 Å². The Morgan fingerprint density at radius 3 is 2.58 bits per heavy atom. The summed E-state index contributed by atoms with van der Waals surface area (Å²) in [6, 6.07) is 2.95. The molecule has 1 amide bonds. The molecule has 2 fully saturated rings. The summed E-state index contributed by atoms with van der Waals surface area (Å²) >= 11 is 12.1. The van der Waals surface area contributed by atoms with Crippen LogP contribution in [-0.2, 0) is 4.79 Å². The Balaban J connectivity index is 1.64. The quantitative estimate of drug-likeness (QED) is 0.762. The number of piperidine rings is 1. The molecule has 2 aliphatic heterocycles. The van der Waals surface area contributed by atoms with E-state index in [0.29, 0.717) is 31.0 Å². The second kappa shape index (κ2) is 7.48. The summed E-state index contributed by atoms with van der Waals surface area (Å²) in [6.07, 6.45) is 1.36. The lowest BCUT2D eigenvalue weighted by atomic mass is 9.86. The molecule has 0 saturated carbocycles. The zero-order valence-corrected chi connectivity index (χ0v) is 14.9. The van der Waals surface area contributed by atoms with Crippen molar-refractivity contribution >= 4 is 29.1 Å². The molecule has 2 saturated heterocycles. The molecule has 7 heteroatoms. The first-order valence-corrected chi connectivity index (χ1v) is 9.09. The molecule has 3 rings (SSSR count). The number of aliphatic hydroxyl groups is 1. The van der Waals surface area contributed by atoms with E-state index in [0.717, 1.165) is 19.5 Å². The van der Waals surface area contributed by atoms with Gasteiger partial charge in [-0.25, -0.2) is 0 Å². The van der Waals surface area contributed by atoms with E-state index in [1.54, 1.807) is 0 Å². The third-order valence-electron chi connectivity index (χ3n) is 5.11. The van der Waals surface area contributed by atoms with Crippen LogP contribution in [0.25, 0.3) is 0 Å². The average molecular weight is 373 g/mol. The summed E-state index contributed by atoms with van der Waals surface area (Å²) in [4.78, 5) is 14.3. The smallest absolute Gasteiger partial charge is 0.227 e. The van der Waals surface area contributed by atoms with E-state index in [2.05, 4.69) is 5.32 Å². The first kappa shape index (κ1) is 17.8. The maximum atomic E-state index is 12.4. The first-order valence-electron chi connectivity index (χ1n) is 8.33. The Hall–Kier alpha value is -1.01. The summed E-state index contributed by atoms with van der Waals surface area (Å²) in [5, 5.41) is 24.4. The lowest BCUT2D eigenvalue weighted by Gasteiger charge is -2.35. The third kappa shape index (κ3) is 3.49. The Bertz CT molecular complexity index is 612. The molecule has 1 unspecified atom stereocenters. The number of halogens is 2. The van der Waals surface area contributed by atoms with Gasteiger partial charge in [0.15, 0.2) is 0 Å². The van der Waals surface area contributed by atoms with Crippen molar-refractivity contribution in [3.8, 4) is 5.75 Å². The van der Waals surface area contributed by atoms with Gasteiger partial charge in [-0.1, -0.05) is 23.2 Å². The highest BCUT2D eigenvalue weighted by atomic mass is 35.5. The molecular weight excluding hydrogens is 351 g/mol. The number of nitrogens with zero attached hydrogens (tertiary/aromatic N) is 1.